The van der Waals surface area contributed by atoms with Crippen molar-refractivity contribution in [3.05, 3.63) is 58.5 Å². The van der Waals surface area contributed by atoms with Crippen LogP contribution in [0.25, 0.3) is 10.9 Å². The number of rotatable bonds is 3. The Morgan fingerprint density at radius 2 is 2.10 bits per heavy atom. The van der Waals surface area contributed by atoms with Crippen molar-refractivity contribution in [3.63, 3.8) is 0 Å². The zero-order chi connectivity index (χ0) is 14.8. The van der Waals surface area contributed by atoms with Gasteiger partial charge < -0.3 is 11.1 Å². The van der Waals surface area contributed by atoms with Crippen LogP contribution in [-0.2, 0) is 6.54 Å². The summed E-state index contributed by atoms with van der Waals surface area (Å²) in [7, 11) is 0. The summed E-state index contributed by atoms with van der Waals surface area (Å²) in [6.45, 7) is 2.78. The first kappa shape index (κ1) is 13.8. The van der Waals surface area contributed by atoms with Gasteiger partial charge in [-0.3, -0.25) is 9.97 Å². The predicted octanol–water partition coefficient (Wildman–Crippen LogP) is 3.90. The number of hydrogen-bond acceptors (Lipinski definition) is 4. The molecule has 0 aliphatic carbocycles. The molecule has 3 rings (SSSR count). The van der Waals surface area contributed by atoms with Gasteiger partial charge in [-0.15, -0.1) is 0 Å². The van der Waals surface area contributed by atoms with Crippen LogP contribution in [0.2, 0.25) is 0 Å². The van der Waals surface area contributed by atoms with Gasteiger partial charge in [-0.2, -0.15) is 0 Å². The van der Waals surface area contributed by atoms with E-state index in [4.69, 9.17) is 5.73 Å². The van der Waals surface area contributed by atoms with Crippen molar-refractivity contribution in [2.24, 2.45) is 0 Å². The summed E-state index contributed by atoms with van der Waals surface area (Å²) in [6, 6.07) is 7.87. The molecule has 0 spiro atoms. The second-order valence-electron chi connectivity index (χ2n) is 4.91. The van der Waals surface area contributed by atoms with Crippen LogP contribution in [0.3, 0.4) is 0 Å². The zero-order valence-electron chi connectivity index (χ0n) is 11.6. The molecule has 0 aliphatic heterocycles. The lowest BCUT2D eigenvalue weighted by Crippen LogP contribution is -2.03. The molecule has 0 radical (unpaired) electrons. The third-order valence-corrected chi connectivity index (χ3v) is 3.89. The molecule has 3 aromatic rings. The lowest BCUT2D eigenvalue weighted by atomic mass is 10.1. The summed E-state index contributed by atoms with van der Waals surface area (Å²) in [5, 5.41) is 4.38. The summed E-state index contributed by atoms with van der Waals surface area (Å²) in [5.74, 6) is 0. The smallest absolute Gasteiger partial charge is 0.0954 e. The topological polar surface area (TPSA) is 63.8 Å². The lowest BCUT2D eigenvalue weighted by molar-refractivity contribution is 1.09. The fourth-order valence-corrected chi connectivity index (χ4v) is 2.58. The van der Waals surface area contributed by atoms with Crippen LogP contribution >= 0.6 is 15.9 Å². The number of aryl methyl sites for hydroxylation is 1. The van der Waals surface area contributed by atoms with E-state index in [1.807, 2.05) is 30.5 Å². The first-order valence-corrected chi connectivity index (χ1v) is 7.41. The number of benzene rings is 1. The van der Waals surface area contributed by atoms with E-state index in [1.54, 1.807) is 12.4 Å². The lowest BCUT2D eigenvalue weighted by Gasteiger charge is -2.12. The molecule has 2 aromatic heterocycles. The highest BCUT2D eigenvalue weighted by Gasteiger charge is 2.07. The third kappa shape index (κ3) is 2.83. The molecule has 0 aliphatic rings. The highest BCUT2D eigenvalue weighted by atomic mass is 79.9. The molecule has 1 aromatic carbocycles. The molecule has 0 saturated carbocycles. The van der Waals surface area contributed by atoms with Crippen molar-refractivity contribution in [1.82, 2.24) is 9.97 Å². The maximum Gasteiger partial charge on any atom is 0.0954 e. The number of aromatic nitrogens is 2. The summed E-state index contributed by atoms with van der Waals surface area (Å²) in [5.41, 5.74) is 11.0. The Bertz CT molecular complexity index is 801. The van der Waals surface area contributed by atoms with E-state index in [1.165, 1.54) is 11.1 Å². The molecule has 0 unspecified atom stereocenters. The molecule has 0 fully saturated rings. The van der Waals surface area contributed by atoms with Crippen LogP contribution in [0.5, 0.6) is 0 Å². The van der Waals surface area contributed by atoms with Gasteiger partial charge >= 0.3 is 0 Å². The molecular weight excluding hydrogens is 328 g/mol. The van der Waals surface area contributed by atoms with Crippen molar-refractivity contribution in [2.45, 2.75) is 13.5 Å². The number of anilines is 2. The van der Waals surface area contributed by atoms with Crippen LogP contribution in [-0.4, -0.2) is 9.97 Å². The van der Waals surface area contributed by atoms with Crippen LogP contribution in [0, 0.1) is 6.92 Å². The van der Waals surface area contributed by atoms with Crippen molar-refractivity contribution < 1.29 is 0 Å². The Morgan fingerprint density at radius 1 is 1.24 bits per heavy atom. The van der Waals surface area contributed by atoms with E-state index in [-0.39, 0.29) is 0 Å². The molecule has 4 nitrogen and oxygen atoms in total. The van der Waals surface area contributed by atoms with E-state index < -0.39 is 0 Å². The molecule has 0 amide bonds. The second-order valence-corrected chi connectivity index (χ2v) is 5.82. The molecule has 3 N–H and O–H groups in total. The maximum absolute atomic E-state index is 6.03. The Balaban J connectivity index is 1.95. The Morgan fingerprint density at radius 3 is 2.90 bits per heavy atom. The number of hydrogen-bond donors (Lipinski definition) is 2. The SMILES string of the molecule is Cc1cnccc1CNc1ccc(N)c2cc(Br)cnc12. The van der Waals surface area contributed by atoms with E-state index >= 15 is 0 Å². The summed E-state index contributed by atoms with van der Waals surface area (Å²) >= 11 is 3.43. The predicted molar refractivity (Wildman–Crippen MR) is 90.2 cm³/mol. The minimum absolute atomic E-state index is 0.726. The number of pyridine rings is 2. The van der Waals surface area contributed by atoms with Crippen molar-refractivity contribution >= 4 is 38.2 Å². The van der Waals surface area contributed by atoms with E-state index in [0.717, 1.165) is 33.3 Å². The van der Waals surface area contributed by atoms with Crippen LogP contribution < -0.4 is 11.1 Å². The number of nitrogens with zero attached hydrogens (tertiary/aromatic N) is 2. The monoisotopic (exact) mass is 342 g/mol. The quantitative estimate of drug-likeness (QED) is 0.708. The Kier molecular flexibility index (Phi) is 3.75. The normalized spacial score (nSPS) is 10.8. The van der Waals surface area contributed by atoms with Gasteiger partial charge in [0.1, 0.15) is 0 Å². The molecule has 0 atom stereocenters. The molecule has 5 heteroatoms. The van der Waals surface area contributed by atoms with Gasteiger partial charge in [-0.05, 0) is 58.2 Å². The van der Waals surface area contributed by atoms with E-state index in [0.29, 0.717) is 0 Å². The molecule has 106 valence electrons. The summed E-state index contributed by atoms with van der Waals surface area (Å²) < 4.78 is 0.920. The minimum Gasteiger partial charge on any atom is -0.398 e. The van der Waals surface area contributed by atoms with Crippen molar-refractivity contribution in [3.8, 4) is 0 Å². The Hall–Kier alpha value is -2.14. The fraction of sp³-hybridized carbons (Fsp3) is 0.125. The average molecular weight is 343 g/mol. The van der Waals surface area contributed by atoms with E-state index in [2.05, 4.69) is 38.1 Å². The second kappa shape index (κ2) is 5.69. The summed E-state index contributed by atoms with van der Waals surface area (Å²) in [4.78, 5) is 8.58. The van der Waals surface area contributed by atoms with Gasteiger partial charge in [0.2, 0.25) is 0 Å². The third-order valence-electron chi connectivity index (χ3n) is 3.46. The van der Waals surface area contributed by atoms with E-state index in [9.17, 15) is 0 Å². The van der Waals surface area contributed by atoms with Gasteiger partial charge in [0.05, 0.1) is 11.2 Å². The summed E-state index contributed by atoms with van der Waals surface area (Å²) in [6.07, 6.45) is 5.46. The molecule has 21 heavy (non-hydrogen) atoms. The van der Waals surface area contributed by atoms with Gasteiger partial charge in [0.25, 0.3) is 0 Å². The molecule has 2 heterocycles. The molecule has 0 bridgehead atoms. The standard InChI is InChI=1S/C16H15BrN4/c1-10-7-19-5-4-11(10)8-20-15-3-2-14(18)13-6-12(17)9-21-16(13)15/h2-7,9,20H,8,18H2,1H3. The largest absolute Gasteiger partial charge is 0.398 e. The molecular formula is C16H15BrN4. The maximum atomic E-state index is 6.03. The minimum atomic E-state index is 0.726. The van der Waals surface area contributed by atoms with Gasteiger partial charge in [-0.1, -0.05) is 0 Å². The molecule has 0 saturated heterocycles. The van der Waals surface area contributed by atoms with Gasteiger partial charge in [-0.25, -0.2) is 0 Å². The highest BCUT2D eigenvalue weighted by molar-refractivity contribution is 9.10. The highest BCUT2D eigenvalue weighted by Crippen LogP contribution is 2.29. The van der Waals surface area contributed by atoms with Gasteiger partial charge in [0.15, 0.2) is 0 Å². The number of nitrogens with two attached hydrogens (primary N) is 1. The number of nitrogen functional groups attached to an aromatic ring is 1. The zero-order valence-corrected chi connectivity index (χ0v) is 13.2. The van der Waals surface area contributed by atoms with Crippen LogP contribution in [0.15, 0.2) is 47.3 Å². The van der Waals surface area contributed by atoms with Crippen molar-refractivity contribution in [1.29, 1.82) is 0 Å². The number of nitrogens with one attached hydrogen (secondary N) is 1. The average Bonchev–Trinajstić information content (AvgIpc) is 2.48. The Labute approximate surface area is 131 Å². The van der Waals surface area contributed by atoms with Crippen LogP contribution in [0.1, 0.15) is 11.1 Å². The van der Waals surface area contributed by atoms with Crippen LogP contribution in [0.4, 0.5) is 11.4 Å². The van der Waals surface area contributed by atoms with Crippen molar-refractivity contribution in [2.75, 3.05) is 11.1 Å². The van der Waals surface area contributed by atoms with Gasteiger partial charge in [0, 0.05) is 40.7 Å². The first-order valence-electron chi connectivity index (χ1n) is 6.62. The number of fused-ring (bicyclic) bond motifs is 1. The first-order chi connectivity index (χ1) is 10.1. The number of halogens is 1. The fourth-order valence-electron chi connectivity index (χ4n) is 2.25.